The zero-order chi connectivity index (χ0) is 38.7. The fourth-order valence-corrected chi connectivity index (χ4v) is 7.24. The topological polar surface area (TPSA) is 94.6 Å². The predicted molar refractivity (Wildman–Crippen MR) is 225 cm³/mol. The maximum atomic E-state index is 6.02. The Morgan fingerprint density at radius 2 is 0.929 bits per heavy atom. The number of nitrogens with one attached hydrogen (secondary N) is 2. The van der Waals surface area contributed by atoms with Crippen molar-refractivity contribution in [3.8, 4) is 34.4 Å². The van der Waals surface area contributed by atoms with Crippen molar-refractivity contribution in [1.29, 1.82) is 0 Å². The van der Waals surface area contributed by atoms with Gasteiger partial charge < -0.3 is 28.9 Å². The number of ether oxygens (including phenoxy) is 2. The molecule has 6 aromatic rings. The highest BCUT2D eigenvalue weighted by molar-refractivity contribution is 5.74. The molecule has 0 fully saturated rings. The molecule has 4 heterocycles. The van der Waals surface area contributed by atoms with Crippen LogP contribution in [-0.2, 0) is 12.8 Å². The summed E-state index contributed by atoms with van der Waals surface area (Å²) < 4.78 is 23.7. The van der Waals surface area contributed by atoms with Crippen LogP contribution in [0.3, 0.4) is 0 Å². The van der Waals surface area contributed by atoms with E-state index in [9.17, 15) is 0 Å². The Kier molecular flexibility index (Phi) is 12.9. The number of aromatic nitrogens is 2. The summed E-state index contributed by atoms with van der Waals surface area (Å²) in [5, 5.41) is 6.89. The van der Waals surface area contributed by atoms with E-state index in [1.54, 1.807) is 0 Å². The van der Waals surface area contributed by atoms with Crippen molar-refractivity contribution in [2.75, 3.05) is 39.4 Å². The third-order valence-corrected chi connectivity index (χ3v) is 10.4. The predicted octanol–water partition coefficient (Wildman–Crippen LogP) is 10.1. The standard InChI is InChI=1S/2C24H26N2O2/c2*1-3-18-15-25-16-22(18)20-10-7-11-21(14-20)27-13-12-23-17(2)28-24(26-23)19-8-5-4-6-9-19/h2*4-11,14,25H,3,12-13,15-16H2,1-2H3. The Morgan fingerprint density at radius 1 is 0.518 bits per heavy atom. The van der Waals surface area contributed by atoms with Gasteiger partial charge in [-0.3, -0.25) is 0 Å². The van der Waals surface area contributed by atoms with E-state index in [4.69, 9.17) is 18.3 Å². The van der Waals surface area contributed by atoms with E-state index in [2.05, 4.69) is 70.8 Å². The maximum Gasteiger partial charge on any atom is 0.226 e. The molecule has 8 rings (SSSR count). The molecule has 8 nitrogen and oxygen atoms in total. The smallest absolute Gasteiger partial charge is 0.226 e. The molecule has 288 valence electrons. The molecule has 0 saturated carbocycles. The highest BCUT2D eigenvalue weighted by Crippen LogP contribution is 2.29. The molecule has 2 N–H and O–H groups in total. The maximum absolute atomic E-state index is 6.02. The number of aryl methyl sites for hydroxylation is 2. The van der Waals surface area contributed by atoms with E-state index in [1.807, 2.05) is 86.6 Å². The van der Waals surface area contributed by atoms with E-state index in [1.165, 1.54) is 33.4 Å². The van der Waals surface area contributed by atoms with Crippen molar-refractivity contribution in [3.63, 3.8) is 0 Å². The van der Waals surface area contributed by atoms with Crippen molar-refractivity contribution >= 4 is 11.1 Å². The number of hydrogen-bond acceptors (Lipinski definition) is 8. The van der Waals surface area contributed by atoms with Crippen LogP contribution in [-0.4, -0.2) is 49.4 Å². The lowest BCUT2D eigenvalue weighted by molar-refractivity contribution is 0.319. The zero-order valence-corrected chi connectivity index (χ0v) is 33.0. The Hall–Kier alpha value is -5.70. The second kappa shape index (κ2) is 18.8. The van der Waals surface area contributed by atoms with Gasteiger partial charge in [0.25, 0.3) is 0 Å². The number of nitrogens with zero attached hydrogens (tertiary/aromatic N) is 2. The van der Waals surface area contributed by atoms with Crippen LogP contribution in [0.4, 0.5) is 0 Å². The Balaban J connectivity index is 0.000000172. The van der Waals surface area contributed by atoms with E-state index in [0.717, 1.165) is 97.4 Å². The van der Waals surface area contributed by atoms with Crippen LogP contribution in [0.5, 0.6) is 11.5 Å². The Bertz CT molecular complexity index is 2110. The fraction of sp³-hybridized carbons (Fsp3) is 0.292. The van der Waals surface area contributed by atoms with Gasteiger partial charge in [-0.15, -0.1) is 0 Å². The third kappa shape index (κ3) is 9.56. The minimum Gasteiger partial charge on any atom is -0.493 e. The van der Waals surface area contributed by atoms with Crippen LogP contribution in [0.2, 0.25) is 0 Å². The fourth-order valence-electron chi connectivity index (χ4n) is 7.24. The lowest BCUT2D eigenvalue weighted by Crippen LogP contribution is -2.08. The van der Waals surface area contributed by atoms with Crippen LogP contribution in [0, 0.1) is 13.8 Å². The van der Waals surface area contributed by atoms with Gasteiger partial charge in [-0.05, 0) is 97.5 Å². The molecule has 0 amide bonds. The van der Waals surface area contributed by atoms with Crippen molar-refractivity contribution in [2.45, 2.75) is 53.4 Å². The molecule has 2 aromatic heterocycles. The van der Waals surface area contributed by atoms with E-state index >= 15 is 0 Å². The SMILES string of the molecule is CCC1=C(c2cccc(OCCc3nc(-c4ccccc4)oc3C)c2)CNC1.CCC1=C(c2cccc(OCCc3nc(-c4ccccc4)oc3C)c2)CNC1. The molecular formula is C48H52N4O4. The Labute approximate surface area is 330 Å². The lowest BCUT2D eigenvalue weighted by Gasteiger charge is -2.09. The molecule has 8 heteroatoms. The van der Waals surface area contributed by atoms with Crippen LogP contribution in [0.25, 0.3) is 34.1 Å². The van der Waals surface area contributed by atoms with Crippen molar-refractivity contribution in [1.82, 2.24) is 20.6 Å². The van der Waals surface area contributed by atoms with Crippen LogP contribution in [0.15, 0.2) is 129 Å². The molecule has 2 aliphatic rings. The second-order valence-electron chi connectivity index (χ2n) is 14.1. The number of benzene rings is 4. The first-order chi connectivity index (χ1) is 27.5. The molecule has 56 heavy (non-hydrogen) atoms. The van der Waals surface area contributed by atoms with Gasteiger partial charge in [0, 0.05) is 50.1 Å². The Morgan fingerprint density at radius 3 is 1.34 bits per heavy atom. The van der Waals surface area contributed by atoms with Crippen molar-refractivity contribution in [3.05, 3.63) is 154 Å². The molecular weight excluding hydrogens is 697 g/mol. The monoisotopic (exact) mass is 748 g/mol. The van der Waals surface area contributed by atoms with Gasteiger partial charge in [-0.1, -0.05) is 85.7 Å². The summed E-state index contributed by atoms with van der Waals surface area (Å²) in [7, 11) is 0. The largest absolute Gasteiger partial charge is 0.493 e. The average Bonchev–Trinajstić information content (AvgIpc) is 4.07. The van der Waals surface area contributed by atoms with Gasteiger partial charge >= 0.3 is 0 Å². The highest BCUT2D eigenvalue weighted by atomic mass is 16.5. The van der Waals surface area contributed by atoms with Gasteiger partial charge in [-0.2, -0.15) is 0 Å². The van der Waals surface area contributed by atoms with Crippen molar-refractivity contribution < 1.29 is 18.3 Å². The third-order valence-electron chi connectivity index (χ3n) is 10.4. The minimum absolute atomic E-state index is 0.572. The van der Waals surface area contributed by atoms with Gasteiger partial charge in [0.15, 0.2) is 0 Å². The molecule has 0 aliphatic carbocycles. The lowest BCUT2D eigenvalue weighted by atomic mass is 10.0. The molecule has 0 saturated heterocycles. The van der Waals surface area contributed by atoms with Gasteiger partial charge in [0.2, 0.25) is 11.8 Å². The summed E-state index contributed by atoms with van der Waals surface area (Å²) in [5.41, 5.74) is 12.2. The molecule has 0 radical (unpaired) electrons. The first-order valence-corrected chi connectivity index (χ1v) is 19.8. The van der Waals surface area contributed by atoms with Crippen molar-refractivity contribution in [2.24, 2.45) is 0 Å². The summed E-state index contributed by atoms with van der Waals surface area (Å²) in [6.07, 6.45) is 3.61. The molecule has 0 unspecified atom stereocenters. The molecule has 2 aliphatic heterocycles. The van der Waals surface area contributed by atoms with Gasteiger partial charge in [0.1, 0.15) is 23.0 Å². The van der Waals surface area contributed by atoms with E-state index in [0.29, 0.717) is 25.0 Å². The quantitative estimate of drug-likeness (QED) is 0.114. The highest BCUT2D eigenvalue weighted by Gasteiger charge is 2.17. The molecule has 0 bridgehead atoms. The summed E-state index contributed by atoms with van der Waals surface area (Å²) in [5.74, 6) is 4.84. The summed E-state index contributed by atoms with van der Waals surface area (Å²) in [6, 6.07) is 36.8. The minimum atomic E-state index is 0.572. The number of oxazole rings is 2. The van der Waals surface area contributed by atoms with Crippen LogP contribution >= 0.6 is 0 Å². The zero-order valence-electron chi connectivity index (χ0n) is 33.0. The summed E-state index contributed by atoms with van der Waals surface area (Å²) in [6.45, 7) is 13.4. The number of rotatable bonds is 14. The molecule has 4 aromatic carbocycles. The molecule has 0 atom stereocenters. The average molecular weight is 749 g/mol. The number of hydrogen-bond donors (Lipinski definition) is 2. The first kappa shape index (κ1) is 38.6. The van der Waals surface area contributed by atoms with Gasteiger partial charge in [-0.25, -0.2) is 9.97 Å². The van der Waals surface area contributed by atoms with E-state index in [-0.39, 0.29) is 0 Å². The van der Waals surface area contributed by atoms with Gasteiger partial charge in [0.05, 0.1) is 24.6 Å². The van der Waals surface area contributed by atoms with Crippen LogP contribution in [0.1, 0.15) is 60.7 Å². The summed E-state index contributed by atoms with van der Waals surface area (Å²) >= 11 is 0. The first-order valence-electron chi connectivity index (χ1n) is 19.8. The normalized spacial score (nSPS) is 13.9. The second-order valence-corrected chi connectivity index (χ2v) is 14.1. The molecule has 0 spiro atoms. The van der Waals surface area contributed by atoms with Crippen LogP contribution < -0.4 is 20.1 Å². The van der Waals surface area contributed by atoms with E-state index < -0.39 is 0 Å². The summed E-state index contributed by atoms with van der Waals surface area (Å²) in [4.78, 5) is 9.30.